The fourth-order valence-corrected chi connectivity index (χ4v) is 1.94. The van der Waals surface area contributed by atoms with Gasteiger partial charge in [0.2, 0.25) is 0 Å². The number of aryl methyl sites for hydroxylation is 2. The molecule has 84 valence electrons. The van der Waals surface area contributed by atoms with Gasteiger partial charge in [-0.1, -0.05) is 6.07 Å². The van der Waals surface area contributed by atoms with Crippen molar-refractivity contribution in [2.75, 3.05) is 0 Å². The summed E-state index contributed by atoms with van der Waals surface area (Å²) in [6, 6.07) is 4.03. The second-order valence-electron chi connectivity index (χ2n) is 3.91. The van der Waals surface area contributed by atoms with Gasteiger partial charge in [-0.3, -0.25) is 9.67 Å². The highest BCUT2D eigenvalue weighted by Crippen LogP contribution is 2.20. The Morgan fingerprint density at radius 3 is 2.62 bits per heavy atom. The molecule has 16 heavy (non-hydrogen) atoms. The first-order valence-electron chi connectivity index (χ1n) is 5.19. The van der Waals surface area contributed by atoms with Crippen LogP contribution in [0.5, 0.6) is 0 Å². The molecule has 0 aromatic carbocycles. The van der Waals surface area contributed by atoms with Crippen LogP contribution in [0.3, 0.4) is 0 Å². The zero-order chi connectivity index (χ0) is 11.7. The van der Waals surface area contributed by atoms with E-state index < -0.39 is 0 Å². The molecule has 4 heteroatoms. The first-order chi connectivity index (χ1) is 7.59. The van der Waals surface area contributed by atoms with E-state index in [1.165, 1.54) is 5.56 Å². The Morgan fingerprint density at radius 1 is 1.31 bits per heavy atom. The van der Waals surface area contributed by atoms with E-state index in [1.54, 1.807) is 0 Å². The number of rotatable bonds is 2. The molecule has 0 aliphatic rings. The van der Waals surface area contributed by atoms with Gasteiger partial charge in [0.05, 0.1) is 28.1 Å². The standard InChI is InChI=1S/C12H14BrN3/c1-8-5-4-6-14-11(8)7-16-10(3)12(13)9(2)15-16/h4-6H,7H2,1-3H3. The highest BCUT2D eigenvalue weighted by atomic mass is 79.9. The Bertz CT molecular complexity index is 517. The molecule has 0 amide bonds. The second kappa shape index (κ2) is 4.37. The third-order valence-electron chi connectivity index (χ3n) is 2.71. The van der Waals surface area contributed by atoms with Crippen LogP contribution < -0.4 is 0 Å². The van der Waals surface area contributed by atoms with Crippen LogP contribution in [0, 0.1) is 20.8 Å². The van der Waals surface area contributed by atoms with E-state index in [2.05, 4.69) is 45.9 Å². The summed E-state index contributed by atoms with van der Waals surface area (Å²) in [5, 5.41) is 4.48. The Labute approximate surface area is 104 Å². The zero-order valence-electron chi connectivity index (χ0n) is 9.66. The third kappa shape index (κ3) is 2.02. The van der Waals surface area contributed by atoms with Gasteiger partial charge in [0.1, 0.15) is 0 Å². The molecule has 0 saturated carbocycles. The molecule has 0 saturated heterocycles. The van der Waals surface area contributed by atoms with E-state index in [4.69, 9.17) is 0 Å². The van der Waals surface area contributed by atoms with Gasteiger partial charge in [0.15, 0.2) is 0 Å². The van der Waals surface area contributed by atoms with Crippen LogP contribution in [-0.4, -0.2) is 14.8 Å². The first kappa shape index (κ1) is 11.3. The van der Waals surface area contributed by atoms with Crippen LogP contribution in [0.25, 0.3) is 0 Å². The van der Waals surface area contributed by atoms with Crippen molar-refractivity contribution in [3.63, 3.8) is 0 Å². The quantitative estimate of drug-likeness (QED) is 0.846. The average Bonchev–Trinajstić information content (AvgIpc) is 2.50. The molecular formula is C12H14BrN3. The zero-order valence-corrected chi connectivity index (χ0v) is 11.2. The normalized spacial score (nSPS) is 10.8. The number of aromatic nitrogens is 3. The van der Waals surface area contributed by atoms with Crippen molar-refractivity contribution in [2.24, 2.45) is 0 Å². The van der Waals surface area contributed by atoms with Gasteiger partial charge in [0.25, 0.3) is 0 Å². The monoisotopic (exact) mass is 279 g/mol. The maximum atomic E-state index is 4.48. The van der Waals surface area contributed by atoms with Crippen LogP contribution in [0.2, 0.25) is 0 Å². The molecule has 0 bridgehead atoms. The molecule has 0 aliphatic heterocycles. The van der Waals surface area contributed by atoms with Crippen LogP contribution in [-0.2, 0) is 6.54 Å². The fraction of sp³-hybridized carbons (Fsp3) is 0.333. The van der Waals surface area contributed by atoms with Crippen LogP contribution in [0.4, 0.5) is 0 Å². The van der Waals surface area contributed by atoms with Crippen molar-refractivity contribution in [1.82, 2.24) is 14.8 Å². The van der Waals surface area contributed by atoms with E-state index in [-0.39, 0.29) is 0 Å². The van der Waals surface area contributed by atoms with Gasteiger partial charge in [-0.2, -0.15) is 5.10 Å². The number of hydrogen-bond donors (Lipinski definition) is 0. The molecule has 0 spiro atoms. The second-order valence-corrected chi connectivity index (χ2v) is 4.70. The summed E-state index contributed by atoms with van der Waals surface area (Å²) >= 11 is 3.53. The summed E-state index contributed by atoms with van der Waals surface area (Å²) in [4.78, 5) is 4.38. The molecule has 2 aromatic heterocycles. The van der Waals surface area contributed by atoms with Crippen molar-refractivity contribution in [2.45, 2.75) is 27.3 Å². The highest BCUT2D eigenvalue weighted by Gasteiger charge is 2.10. The van der Waals surface area contributed by atoms with E-state index in [0.29, 0.717) is 0 Å². The summed E-state index contributed by atoms with van der Waals surface area (Å²) in [7, 11) is 0. The van der Waals surface area contributed by atoms with E-state index in [1.807, 2.05) is 23.9 Å². The van der Waals surface area contributed by atoms with Crippen molar-refractivity contribution in [1.29, 1.82) is 0 Å². The first-order valence-corrected chi connectivity index (χ1v) is 5.99. The summed E-state index contributed by atoms with van der Waals surface area (Å²) in [6.07, 6.45) is 1.82. The van der Waals surface area contributed by atoms with Crippen molar-refractivity contribution < 1.29 is 0 Å². The van der Waals surface area contributed by atoms with Gasteiger partial charge in [0, 0.05) is 6.20 Å². The molecule has 0 atom stereocenters. The number of nitrogens with zero attached hydrogens (tertiary/aromatic N) is 3. The lowest BCUT2D eigenvalue weighted by Gasteiger charge is -2.06. The Balaban J connectivity index is 2.34. The van der Waals surface area contributed by atoms with E-state index >= 15 is 0 Å². The fourth-order valence-electron chi connectivity index (χ4n) is 1.65. The van der Waals surface area contributed by atoms with Gasteiger partial charge < -0.3 is 0 Å². The highest BCUT2D eigenvalue weighted by molar-refractivity contribution is 9.10. The summed E-state index contributed by atoms with van der Waals surface area (Å²) < 4.78 is 3.07. The molecule has 0 aliphatic carbocycles. The molecule has 0 unspecified atom stereocenters. The van der Waals surface area contributed by atoms with Crippen molar-refractivity contribution in [3.05, 3.63) is 45.4 Å². The Kier molecular flexibility index (Phi) is 3.10. The van der Waals surface area contributed by atoms with Gasteiger partial charge in [-0.05, 0) is 48.3 Å². The van der Waals surface area contributed by atoms with E-state index in [9.17, 15) is 0 Å². The Hall–Kier alpha value is -1.16. The number of halogens is 1. The molecule has 2 heterocycles. The maximum Gasteiger partial charge on any atom is 0.0837 e. The minimum absolute atomic E-state index is 0.727. The van der Waals surface area contributed by atoms with Gasteiger partial charge >= 0.3 is 0 Å². The number of pyridine rings is 1. The lowest BCUT2D eigenvalue weighted by molar-refractivity contribution is 0.643. The SMILES string of the molecule is Cc1cccnc1Cn1nc(C)c(Br)c1C. The molecule has 0 fully saturated rings. The van der Waals surface area contributed by atoms with E-state index in [0.717, 1.165) is 28.1 Å². The molecule has 0 radical (unpaired) electrons. The van der Waals surface area contributed by atoms with Crippen LogP contribution in [0.15, 0.2) is 22.8 Å². The van der Waals surface area contributed by atoms with Gasteiger partial charge in [-0.15, -0.1) is 0 Å². The minimum atomic E-state index is 0.727. The predicted octanol–water partition coefficient (Wildman–Crippen LogP) is 3.01. The third-order valence-corrected chi connectivity index (χ3v) is 3.86. The predicted molar refractivity (Wildman–Crippen MR) is 67.5 cm³/mol. The average molecular weight is 280 g/mol. The van der Waals surface area contributed by atoms with Crippen molar-refractivity contribution >= 4 is 15.9 Å². The van der Waals surface area contributed by atoms with Crippen LogP contribution >= 0.6 is 15.9 Å². The lowest BCUT2D eigenvalue weighted by atomic mass is 10.2. The van der Waals surface area contributed by atoms with Gasteiger partial charge in [-0.25, -0.2) is 0 Å². The summed E-state index contributed by atoms with van der Waals surface area (Å²) in [6.45, 7) is 6.86. The lowest BCUT2D eigenvalue weighted by Crippen LogP contribution is -2.07. The maximum absolute atomic E-state index is 4.48. The molecule has 2 rings (SSSR count). The summed E-state index contributed by atoms with van der Waals surface area (Å²) in [5.74, 6) is 0. The van der Waals surface area contributed by atoms with Crippen LogP contribution in [0.1, 0.15) is 22.6 Å². The number of hydrogen-bond acceptors (Lipinski definition) is 2. The largest absolute Gasteiger partial charge is 0.262 e. The summed E-state index contributed by atoms with van der Waals surface area (Å²) in [5.41, 5.74) is 4.43. The topological polar surface area (TPSA) is 30.7 Å². The minimum Gasteiger partial charge on any atom is -0.262 e. The smallest absolute Gasteiger partial charge is 0.0837 e. The molecule has 0 N–H and O–H groups in total. The molecular weight excluding hydrogens is 266 g/mol. The molecule has 2 aromatic rings. The Morgan fingerprint density at radius 2 is 2.06 bits per heavy atom. The van der Waals surface area contributed by atoms with Crippen molar-refractivity contribution in [3.8, 4) is 0 Å². The molecule has 3 nitrogen and oxygen atoms in total.